The fourth-order valence-corrected chi connectivity index (χ4v) is 1.43. The maximum Gasteiger partial charge on any atom is 0.251 e. The monoisotopic (exact) mass is 290 g/mol. The van der Waals surface area contributed by atoms with Gasteiger partial charge in [-0.25, -0.2) is 0 Å². The summed E-state index contributed by atoms with van der Waals surface area (Å²) >= 11 is 9.14. The van der Waals surface area contributed by atoms with E-state index in [2.05, 4.69) is 21.2 Å². The van der Waals surface area contributed by atoms with Crippen LogP contribution in [0.25, 0.3) is 0 Å². The van der Waals surface area contributed by atoms with Crippen LogP contribution in [0.15, 0.2) is 22.7 Å². The molecule has 1 aromatic rings. The first kappa shape index (κ1) is 12.5. The van der Waals surface area contributed by atoms with Crippen molar-refractivity contribution in [3.05, 3.63) is 33.3 Å². The van der Waals surface area contributed by atoms with Crippen LogP contribution in [0, 0.1) is 0 Å². The van der Waals surface area contributed by atoms with Crippen molar-refractivity contribution in [1.29, 1.82) is 0 Å². The summed E-state index contributed by atoms with van der Waals surface area (Å²) in [7, 11) is 0. The van der Waals surface area contributed by atoms with Crippen LogP contribution in [-0.4, -0.2) is 18.5 Å². The summed E-state index contributed by atoms with van der Waals surface area (Å²) in [4.78, 5) is 11.6. The molecule has 5 heteroatoms. The summed E-state index contributed by atoms with van der Waals surface area (Å²) in [6.07, 6.45) is 0. The molecule has 15 heavy (non-hydrogen) atoms. The minimum Gasteiger partial charge on any atom is -0.348 e. The number of carbonyl (C=O) groups is 1. The Labute approximate surface area is 102 Å². The van der Waals surface area contributed by atoms with Gasteiger partial charge in [-0.05, 0) is 41.1 Å². The first-order valence-corrected chi connectivity index (χ1v) is 5.67. The lowest BCUT2D eigenvalue weighted by Crippen LogP contribution is -2.37. The molecular formula is C10H12BrClN2O. The van der Waals surface area contributed by atoms with Gasteiger partial charge >= 0.3 is 0 Å². The van der Waals surface area contributed by atoms with E-state index in [1.54, 1.807) is 18.2 Å². The predicted octanol–water partition coefficient (Wildman–Crippen LogP) is 2.18. The molecule has 0 radical (unpaired) electrons. The molecule has 0 saturated carbocycles. The molecule has 0 aliphatic rings. The van der Waals surface area contributed by atoms with Gasteiger partial charge < -0.3 is 11.1 Å². The molecular weight excluding hydrogens is 279 g/mol. The molecule has 0 unspecified atom stereocenters. The quantitative estimate of drug-likeness (QED) is 0.897. The molecule has 0 bridgehead atoms. The van der Waals surface area contributed by atoms with Gasteiger partial charge in [0, 0.05) is 22.6 Å². The van der Waals surface area contributed by atoms with Crippen molar-refractivity contribution in [2.24, 2.45) is 5.73 Å². The molecule has 1 aromatic carbocycles. The van der Waals surface area contributed by atoms with E-state index >= 15 is 0 Å². The second-order valence-electron chi connectivity index (χ2n) is 3.24. The van der Waals surface area contributed by atoms with Crippen molar-refractivity contribution in [2.75, 3.05) is 6.54 Å². The molecule has 0 saturated heterocycles. The zero-order valence-corrected chi connectivity index (χ0v) is 10.6. The molecule has 1 rings (SSSR count). The SMILES string of the molecule is C[C@H](CN)NC(=O)c1ccc(Br)c(Cl)c1. The van der Waals surface area contributed by atoms with Crippen LogP contribution < -0.4 is 11.1 Å². The van der Waals surface area contributed by atoms with Gasteiger partial charge in [0.15, 0.2) is 0 Å². The number of carbonyl (C=O) groups excluding carboxylic acids is 1. The fourth-order valence-electron chi connectivity index (χ4n) is 1.00. The van der Waals surface area contributed by atoms with E-state index in [4.69, 9.17) is 17.3 Å². The number of hydrogen-bond donors (Lipinski definition) is 2. The van der Waals surface area contributed by atoms with Gasteiger partial charge in [0.25, 0.3) is 5.91 Å². The summed E-state index contributed by atoms with van der Waals surface area (Å²) in [6.45, 7) is 2.26. The van der Waals surface area contributed by atoms with Gasteiger partial charge in [-0.3, -0.25) is 4.79 Å². The topological polar surface area (TPSA) is 55.1 Å². The summed E-state index contributed by atoms with van der Waals surface area (Å²) < 4.78 is 0.771. The summed E-state index contributed by atoms with van der Waals surface area (Å²) in [5, 5.41) is 3.27. The van der Waals surface area contributed by atoms with Crippen molar-refractivity contribution < 1.29 is 4.79 Å². The summed E-state index contributed by atoms with van der Waals surface area (Å²) in [6, 6.07) is 5.02. The maximum absolute atomic E-state index is 11.6. The summed E-state index contributed by atoms with van der Waals surface area (Å²) in [5.74, 6) is -0.164. The Morgan fingerprint density at radius 1 is 1.67 bits per heavy atom. The van der Waals surface area contributed by atoms with Crippen LogP contribution in [0.3, 0.4) is 0 Å². The van der Waals surface area contributed by atoms with Crippen LogP contribution in [-0.2, 0) is 0 Å². The number of nitrogens with two attached hydrogens (primary N) is 1. The minimum absolute atomic E-state index is 0.0417. The molecule has 1 atom stereocenters. The second-order valence-corrected chi connectivity index (χ2v) is 4.50. The highest BCUT2D eigenvalue weighted by Crippen LogP contribution is 2.23. The normalized spacial score (nSPS) is 12.3. The predicted molar refractivity (Wildman–Crippen MR) is 65.1 cm³/mol. The number of amides is 1. The number of hydrogen-bond acceptors (Lipinski definition) is 2. The standard InChI is InChI=1S/C10H12BrClN2O/c1-6(5-13)14-10(15)7-2-3-8(11)9(12)4-7/h2-4,6H,5,13H2,1H3,(H,14,15)/t6-/m1/s1. The van der Waals surface area contributed by atoms with Gasteiger partial charge in [0.1, 0.15) is 0 Å². The molecule has 0 aliphatic heterocycles. The molecule has 0 aliphatic carbocycles. The van der Waals surface area contributed by atoms with E-state index in [1.807, 2.05) is 6.92 Å². The van der Waals surface area contributed by atoms with E-state index in [0.717, 1.165) is 4.47 Å². The van der Waals surface area contributed by atoms with Crippen molar-refractivity contribution in [3.8, 4) is 0 Å². The Hall–Kier alpha value is -0.580. The van der Waals surface area contributed by atoms with Gasteiger partial charge in [-0.15, -0.1) is 0 Å². The summed E-state index contributed by atoms with van der Waals surface area (Å²) in [5.41, 5.74) is 5.94. The maximum atomic E-state index is 11.6. The Balaban J connectivity index is 2.78. The van der Waals surface area contributed by atoms with Crippen molar-refractivity contribution in [2.45, 2.75) is 13.0 Å². The molecule has 0 heterocycles. The number of halogens is 2. The van der Waals surface area contributed by atoms with E-state index in [-0.39, 0.29) is 11.9 Å². The zero-order valence-electron chi connectivity index (χ0n) is 8.26. The number of nitrogens with one attached hydrogen (secondary N) is 1. The first-order chi connectivity index (χ1) is 7.04. The molecule has 82 valence electrons. The highest BCUT2D eigenvalue weighted by molar-refractivity contribution is 9.10. The number of rotatable bonds is 3. The smallest absolute Gasteiger partial charge is 0.251 e. The highest BCUT2D eigenvalue weighted by atomic mass is 79.9. The molecule has 0 aromatic heterocycles. The van der Waals surface area contributed by atoms with Crippen LogP contribution in [0.4, 0.5) is 0 Å². The molecule has 3 nitrogen and oxygen atoms in total. The van der Waals surface area contributed by atoms with Crippen LogP contribution in [0.1, 0.15) is 17.3 Å². The molecule has 0 fully saturated rings. The van der Waals surface area contributed by atoms with E-state index in [0.29, 0.717) is 17.1 Å². The van der Waals surface area contributed by atoms with E-state index in [1.165, 1.54) is 0 Å². The Kier molecular flexibility index (Phi) is 4.57. The Bertz CT molecular complexity index is 370. The lowest BCUT2D eigenvalue weighted by atomic mass is 10.2. The minimum atomic E-state index is -0.164. The first-order valence-electron chi connectivity index (χ1n) is 4.50. The Morgan fingerprint density at radius 3 is 2.87 bits per heavy atom. The lowest BCUT2D eigenvalue weighted by molar-refractivity contribution is 0.0941. The lowest BCUT2D eigenvalue weighted by Gasteiger charge is -2.11. The van der Waals surface area contributed by atoms with Crippen LogP contribution in [0.5, 0.6) is 0 Å². The molecule has 3 N–H and O–H groups in total. The third kappa shape index (κ3) is 3.48. The van der Waals surface area contributed by atoms with Gasteiger partial charge in [0.05, 0.1) is 5.02 Å². The Morgan fingerprint density at radius 2 is 2.33 bits per heavy atom. The van der Waals surface area contributed by atoms with Gasteiger partial charge in [-0.2, -0.15) is 0 Å². The molecule has 0 spiro atoms. The van der Waals surface area contributed by atoms with E-state index < -0.39 is 0 Å². The van der Waals surface area contributed by atoms with Gasteiger partial charge in [0.2, 0.25) is 0 Å². The van der Waals surface area contributed by atoms with E-state index in [9.17, 15) is 4.79 Å². The largest absolute Gasteiger partial charge is 0.348 e. The van der Waals surface area contributed by atoms with Crippen molar-refractivity contribution >= 4 is 33.4 Å². The van der Waals surface area contributed by atoms with Gasteiger partial charge in [-0.1, -0.05) is 11.6 Å². The van der Waals surface area contributed by atoms with Crippen LogP contribution in [0.2, 0.25) is 5.02 Å². The third-order valence-corrected chi connectivity index (χ3v) is 3.15. The highest BCUT2D eigenvalue weighted by Gasteiger charge is 2.09. The zero-order chi connectivity index (χ0) is 11.4. The third-order valence-electron chi connectivity index (χ3n) is 1.91. The molecule has 1 amide bonds. The van der Waals surface area contributed by atoms with Crippen molar-refractivity contribution in [3.63, 3.8) is 0 Å². The van der Waals surface area contributed by atoms with Crippen molar-refractivity contribution in [1.82, 2.24) is 5.32 Å². The fraction of sp³-hybridized carbons (Fsp3) is 0.300. The van der Waals surface area contributed by atoms with Crippen LogP contribution >= 0.6 is 27.5 Å². The second kappa shape index (κ2) is 5.49. The average molecular weight is 292 g/mol. The average Bonchev–Trinajstić information content (AvgIpc) is 2.21. The number of benzene rings is 1.